The van der Waals surface area contributed by atoms with Gasteiger partial charge < -0.3 is 14.8 Å². The number of aromatic nitrogens is 1. The number of benzene rings is 1. The van der Waals surface area contributed by atoms with E-state index in [2.05, 4.69) is 10.3 Å². The number of carbonyl (C=O) groups excluding carboxylic acids is 1. The summed E-state index contributed by atoms with van der Waals surface area (Å²) >= 11 is 0. The molecule has 0 bridgehead atoms. The van der Waals surface area contributed by atoms with Gasteiger partial charge in [-0.1, -0.05) is 12.1 Å². The number of nitrogens with one attached hydrogen (secondary N) is 1. The lowest BCUT2D eigenvalue weighted by atomic mass is 9.77. The van der Waals surface area contributed by atoms with E-state index in [1.54, 1.807) is 19.1 Å². The number of rotatable bonds is 5. The van der Waals surface area contributed by atoms with Gasteiger partial charge in [-0.3, -0.25) is 9.59 Å². The van der Waals surface area contributed by atoms with Gasteiger partial charge in [-0.05, 0) is 37.8 Å². The molecule has 2 aromatic rings. The molecule has 2 N–H and O–H groups in total. The number of oxazole rings is 1. The first-order valence-electron chi connectivity index (χ1n) is 7.70. The smallest absolute Gasteiger partial charge is 0.303 e. The number of carboxylic acid groups (broad SMARTS) is 1. The van der Waals surface area contributed by atoms with E-state index in [0.717, 1.165) is 12.8 Å². The lowest BCUT2D eigenvalue weighted by Crippen LogP contribution is -2.47. The lowest BCUT2D eigenvalue weighted by molar-refractivity contribution is -0.139. The minimum atomic E-state index is -0.876. The average Bonchev–Trinajstić information content (AvgIpc) is 2.91. The van der Waals surface area contributed by atoms with Gasteiger partial charge in [-0.15, -0.1) is 0 Å². The van der Waals surface area contributed by atoms with Crippen molar-refractivity contribution in [3.63, 3.8) is 0 Å². The normalized spacial score (nSPS) is 19.6. The first-order valence-corrected chi connectivity index (χ1v) is 7.70. The third-order valence-electron chi connectivity index (χ3n) is 4.29. The largest absolute Gasteiger partial charge is 0.481 e. The van der Waals surface area contributed by atoms with Gasteiger partial charge >= 0.3 is 5.97 Å². The monoisotopic (exact) mass is 332 g/mol. The minimum absolute atomic E-state index is 0.0310. The van der Waals surface area contributed by atoms with Gasteiger partial charge in [0, 0.05) is 6.04 Å². The minimum Gasteiger partial charge on any atom is -0.481 e. The topological polar surface area (TPSA) is 92.4 Å². The molecule has 0 saturated heterocycles. The van der Waals surface area contributed by atoms with E-state index in [0.29, 0.717) is 5.76 Å². The summed E-state index contributed by atoms with van der Waals surface area (Å²) in [7, 11) is 0. The summed E-state index contributed by atoms with van der Waals surface area (Å²) in [6.45, 7) is 1.59. The van der Waals surface area contributed by atoms with Crippen LogP contribution in [0, 0.1) is 18.7 Å². The van der Waals surface area contributed by atoms with E-state index in [4.69, 9.17) is 9.52 Å². The van der Waals surface area contributed by atoms with Crippen molar-refractivity contribution >= 4 is 11.9 Å². The number of hydrogen-bond donors (Lipinski definition) is 2. The number of amides is 1. The molecule has 1 aromatic heterocycles. The Morgan fingerprint density at radius 1 is 1.38 bits per heavy atom. The summed E-state index contributed by atoms with van der Waals surface area (Å²) in [5, 5.41) is 11.6. The third kappa shape index (κ3) is 3.15. The van der Waals surface area contributed by atoms with Crippen molar-refractivity contribution in [1.29, 1.82) is 0 Å². The van der Waals surface area contributed by atoms with E-state index >= 15 is 0 Å². The van der Waals surface area contributed by atoms with Crippen molar-refractivity contribution < 1.29 is 23.5 Å². The standard InChI is InChI=1S/C17H17FN2O4/c1-9-15(16(23)19-13-7-6-10(13)8-14(21)22)20-17(24-9)11-4-2-3-5-12(11)18/h2-5,10,13H,6-8H2,1H3,(H,19,23)(H,21,22)/t10-,13-/m1/s1. The number of halogens is 1. The van der Waals surface area contributed by atoms with Crippen LogP contribution in [0.3, 0.4) is 0 Å². The van der Waals surface area contributed by atoms with E-state index < -0.39 is 17.7 Å². The fraction of sp³-hybridized carbons (Fsp3) is 0.353. The fourth-order valence-electron chi connectivity index (χ4n) is 2.82. The zero-order chi connectivity index (χ0) is 17.3. The van der Waals surface area contributed by atoms with E-state index in [9.17, 15) is 14.0 Å². The van der Waals surface area contributed by atoms with Gasteiger partial charge in [-0.2, -0.15) is 0 Å². The SMILES string of the molecule is Cc1oc(-c2ccccc2F)nc1C(=O)N[C@@H]1CC[C@@H]1CC(=O)O. The van der Waals surface area contributed by atoms with Gasteiger partial charge in [0.2, 0.25) is 5.89 Å². The van der Waals surface area contributed by atoms with Crippen LogP contribution in [-0.4, -0.2) is 28.0 Å². The molecule has 0 radical (unpaired) electrons. The second-order valence-corrected chi connectivity index (χ2v) is 5.92. The molecule has 1 aromatic carbocycles. The second-order valence-electron chi connectivity index (χ2n) is 5.92. The number of carboxylic acids is 1. The zero-order valence-electron chi connectivity index (χ0n) is 13.1. The maximum absolute atomic E-state index is 13.8. The molecule has 24 heavy (non-hydrogen) atoms. The molecule has 0 spiro atoms. The Morgan fingerprint density at radius 3 is 2.75 bits per heavy atom. The van der Waals surface area contributed by atoms with Gasteiger partial charge in [0.1, 0.15) is 11.6 Å². The van der Waals surface area contributed by atoms with Crippen LogP contribution < -0.4 is 5.32 Å². The van der Waals surface area contributed by atoms with Crippen LogP contribution in [0.15, 0.2) is 28.7 Å². The van der Waals surface area contributed by atoms with E-state index in [1.807, 2.05) is 0 Å². The molecular weight excluding hydrogens is 315 g/mol. The number of nitrogens with zero attached hydrogens (tertiary/aromatic N) is 1. The molecule has 0 unspecified atom stereocenters. The van der Waals surface area contributed by atoms with Gasteiger partial charge in [0.05, 0.1) is 12.0 Å². The van der Waals surface area contributed by atoms with Crippen molar-refractivity contribution in [2.24, 2.45) is 5.92 Å². The van der Waals surface area contributed by atoms with Crippen LogP contribution in [0.4, 0.5) is 4.39 Å². The van der Waals surface area contributed by atoms with Crippen LogP contribution in [0.1, 0.15) is 35.5 Å². The molecule has 2 atom stereocenters. The molecular formula is C17H17FN2O4. The molecule has 1 aliphatic carbocycles. The summed E-state index contributed by atoms with van der Waals surface area (Å²) in [6.07, 6.45) is 1.54. The summed E-state index contributed by atoms with van der Waals surface area (Å²) in [4.78, 5) is 27.2. The summed E-state index contributed by atoms with van der Waals surface area (Å²) in [5.74, 6) is -1.51. The molecule has 1 amide bonds. The predicted octanol–water partition coefficient (Wildman–Crippen LogP) is 2.77. The highest BCUT2D eigenvalue weighted by Gasteiger charge is 2.34. The average molecular weight is 332 g/mol. The molecule has 1 aliphatic rings. The first-order chi connectivity index (χ1) is 11.5. The highest BCUT2D eigenvalue weighted by Crippen LogP contribution is 2.31. The Kier molecular flexibility index (Phi) is 4.33. The number of hydrogen-bond acceptors (Lipinski definition) is 4. The molecule has 6 nitrogen and oxygen atoms in total. The molecule has 3 rings (SSSR count). The van der Waals surface area contributed by atoms with E-state index in [1.165, 1.54) is 12.1 Å². The van der Waals surface area contributed by atoms with Crippen molar-refractivity contribution in [3.05, 3.63) is 41.5 Å². The molecule has 1 saturated carbocycles. The second kappa shape index (κ2) is 6.43. The Labute approximate surface area is 137 Å². The van der Waals surface area contributed by atoms with Crippen LogP contribution in [0.2, 0.25) is 0 Å². The number of aliphatic carboxylic acids is 1. The van der Waals surface area contributed by atoms with Crippen LogP contribution in [0.25, 0.3) is 11.5 Å². The van der Waals surface area contributed by atoms with Crippen molar-refractivity contribution in [1.82, 2.24) is 10.3 Å². The predicted molar refractivity (Wildman–Crippen MR) is 82.9 cm³/mol. The van der Waals surface area contributed by atoms with E-state index in [-0.39, 0.29) is 35.5 Å². The van der Waals surface area contributed by atoms with Gasteiger partial charge in [0.15, 0.2) is 5.69 Å². The van der Waals surface area contributed by atoms with Crippen LogP contribution in [0.5, 0.6) is 0 Å². The molecule has 126 valence electrons. The molecule has 0 aliphatic heterocycles. The van der Waals surface area contributed by atoms with Crippen LogP contribution in [-0.2, 0) is 4.79 Å². The Morgan fingerprint density at radius 2 is 2.12 bits per heavy atom. The van der Waals surface area contributed by atoms with Crippen molar-refractivity contribution in [2.75, 3.05) is 0 Å². The highest BCUT2D eigenvalue weighted by atomic mass is 19.1. The quantitative estimate of drug-likeness (QED) is 0.878. The summed E-state index contributed by atoms with van der Waals surface area (Å²) in [5.41, 5.74) is 0.279. The van der Waals surface area contributed by atoms with Crippen molar-refractivity contribution in [2.45, 2.75) is 32.2 Å². The third-order valence-corrected chi connectivity index (χ3v) is 4.29. The zero-order valence-corrected chi connectivity index (χ0v) is 13.1. The summed E-state index contributed by atoms with van der Waals surface area (Å²) in [6, 6.07) is 5.85. The van der Waals surface area contributed by atoms with Crippen LogP contribution >= 0.6 is 0 Å². The van der Waals surface area contributed by atoms with Gasteiger partial charge in [-0.25, -0.2) is 9.37 Å². The lowest BCUT2D eigenvalue weighted by Gasteiger charge is -2.36. The first kappa shape index (κ1) is 16.2. The number of aryl methyl sites for hydroxylation is 1. The Bertz CT molecular complexity index is 787. The Hall–Kier alpha value is -2.70. The molecule has 1 fully saturated rings. The number of carbonyl (C=O) groups is 2. The maximum Gasteiger partial charge on any atom is 0.303 e. The maximum atomic E-state index is 13.8. The fourth-order valence-corrected chi connectivity index (χ4v) is 2.82. The summed E-state index contributed by atoms with van der Waals surface area (Å²) < 4.78 is 19.2. The van der Waals surface area contributed by atoms with Gasteiger partial charge in [0.25, 0.3) is 5.91 Å². The highest BCUT2D eigenvalue weighted by molar-refractivity contribution is 5.94. The molecule has 7 heteroatoms. The Balaban J connectivity index is 1.74. The molecule has 1 heterocycles. The van der Waals surface area contributed by atoms with Crippen molar-refractivity contribution in [3.8, 4) is 11.5 Å².